The number of halogens is 2. The van der Waals surface area contributed by atoms with E-state index in [0.29, 0.717) is 35.4 Å². The van der Waals surface area contributed by atoms with Crippen LogP contribution < -0.4 is 10.6 Å². The van der Waals surface area contributed by atoms with Gasteiger partial charge in [0.05, 0.1) is 0 Å². The second kappa shape index (κ2) is 7.61. The Morgan fingerprint density at radius 3 is 2.42 bits per heavy atom. The van der Waals surface area contributed by atoms with Crippen molar-refractivity contribution in [2.75, 3.05) is 4.90 Å². The number of amides is 2. The molecule has 2 N–H and O–H groups in total. The average molecular weight is 441 g/mol. The summed E-state index contributed by atoms with van der Waals surface area (Å²) in [6, 6.07) is 10.7. The zero-order chi connectivity index (χ0) is 22.5. The predicted molar refractivity (Wildman–Crippen MR) is 116 cm³/mol. The molecular formula is C24H22ClFN2O3. The molecule has 0 saturated carbocycles. The van der Waals surface area contributed by atoms with Crippen LogP contribution in [-0.2, 0) is 9.59 Å². The third-order valence-corrected chi connectivity index (χ3v) is 6.23. The highest BCUT2D eigenvalue weighted by molar-refractivity contribution is 6.31. The number of allylic oxidation sites excluding steroid dienone is 2. The highest BCUT2D eigenvalue weighted by Gasteiger charge is 2.45. The number of nitrogens with zero attached hydrogens (tertiary/aromatic N) is 1. The van der Waals surface area contributed by atoms with E-state index in [2.05, 4.69) is 0 Å². The minimum atomic E-state index is -0.735. The second-order valence-electron chi connectivity index (χ2n) is 8.83. The molecule has 5 nitrogen and oxygen atoms in total. The van der Waals surface area contributed by atoms with Gasteiger partial charge in [0, 0.05) is 51.9 Å². The van der Waals surface area contributed by atoms with Crippen molar-refractivity contribution < 1.29 is 18.8 Å². The predicted octanol–water partition coefficient (Wildman–Crippen LogP) is 4.74. The number of hydrogen-bond donors (Lipinski definition) is 1. The fourth-order valence-electron chi connectivity index (χ4n) is 4.58. The molecule has 0 bridgehead atoms. The molecule has 0 saturated heterocycles. The molecule has 0 aromatic heterocycles. The molecule has 0 fully saturated rings. The van der Waals surface area contributed by atoms with Crippen molar-refractivity contribution in [3.05, 3.63) is 75.7 Å². The van der Waals surface area contributed by atoms with Crippen LogP contribution in [0.25, 0.3) is 0 Å². The molecule has 7 heteroatoms. The molecule has 0 spiro atoms. The van der Waals surface area contributed by atoms with Crippen molar-refractivity contribution in [1.29, 1.82) is 0 Å². The van der Waals surface area contributed by atoms with E-state index in [9.17, 15) is 18.8 Å². The number of carbonyl (C=O) groups excluding carboxylic acids is 3. The minimum absolute atomic E-state index is 0.0801. The summed E-state index contributed by atoms with van der Waals surface area (Å²) in [5.74, 6) is -2.21. The lowest BCUT2D eigenvalue weighted by Gasteiger charge is -2.43. The SMILES string of the molecule is CC1(C)CC(=O)C2=C(C1)N(c1ccc(C(N)=O)cc1)C(=O)CC2c1c(F)cccc1Cl. The van der Waals surface area contributed by atoms with Gasteiger partial charge in [0.1, 0.15) is 5.82 Å². The fraction of sp³-hybridized carbons (Fsp3) is 0.292. The number of primary amides is 1. The lowest BCUT2D eigenvalue weighted by atomic mass is 9.69. The number of ketones is 1. The summed E-state index contributed by atoms with van der Waals surface area (Å²) in [5, 5.41) is 0.196. The molecule has 1 unspecified atom stereocenters. The zero-order valence-corrected chi connectivity index (χ0v) is 18.0. The van der Waals surface area contributed by atoms with Crippen molar-refractivity contribution in [2.24, 2.45) is 11.1 Å². The maximum Gasteiger partial charge on any atom is 0.248 e. The van der Waals surface area contributed by atoms with E-state index in [4.69, 9.17) is 17.3 Å². The zero-order valence-electron chi connectivity index (χ0n) is 17.2. The second-order valence-corrected chi connectivity index (χ2v) is 9.24. The van der Waals surface area contributed by atoms with Crippen molar-refractivity contribution in [1.82, 2.24) is 0 Å². The van der Waals surface area contributed by atoms with Gasteiger partial charge in [0.15, 0.2) is 5.78 Å². The van der Waals surface area contributed by atoms with E-state index in [0.717, 1.165) is 0 Å². The molecule has 2 aromatic rings. The highest BCUT2D eigenvalue weighted by atomic mass is 35.5. The lowest BCUT2D eigenvalue weighted by molar-refractivity contribution is -0.121. The van der Waals surface area contributed by atoms with Gasteiger partial charge >= 0.3 is 0 Å². The number of hydrogen-bond acceptors (Lipinski definition) is 3. The summed E-state index contributed by atoms with van der Waals surface area (Å²) in [7, 11) is 0. The Bertz CT molecular complexity index is 1120. The first-order valence-electron chi connectivity index (χ1n) is 10.0. The first-order valence-corrected chi connectivity index (χ1v) is 10.4. The number of Topliss-reactive ketones (excluding diaryl/α,β-unsaturated/α-hetero) is 1. The van der Waals surface area contributed by atoms with Crippen LogP contribution in [0.15, 0.2) is 53.7 Å². The molecule has 4 rings (SSSR count). The van der Waals surface area contributed by atoms with Gasteiger partial charge in [-0.3, -0.25) is 19.3 Å². The van der Waals surface area contributed by atoms with E-state index in [-0.39, 0.29) is 34.1 Å². The van der Waals surface area contributed by atoms with Gasteiger partial charge in [-0.15, -0.1) is 0 Å². The normalized spacial score (nSPS) is 20.6. The maximum absolute atomic E-state index is 14.8. The quantitative estimate of drug-likeness (QED) is 0.748. The Morgan fingerprint density at radius 2 is 1.81 bits per heavy atom. The summed E-state index contributed by atoms with van der Waals surface area (Å²) in [4.78, 5) is 39.5. The summed E-state index contributed by atoms with van der Waals surface area (Å²) in [6.07, 6.45) is 0.695. The molecule has 1 aliphatic heterocycles. The van der Waals surface area contributed by atoms with Gasteiger partial charge in [-0.1, -0.05) is 31.5 Å². The van der Waals surface area contributed by atoms with Crippen LogP contribution in [0, 0.1) is 11.2 Å². The van der Waals surface area contributed by atoms with E-state index in [1.165, 1.54) is 17.0 Å². The molecule has 1 atom stereocenters. The first-order chi connectivity index (χ1) is 14.6. The monoisotopic (exact) mass is 440 g/mol. The maximum atomic E-state index is 14.8. The average Bonchev–Trinajstić information content (AvgIpc) is 2.66. The summed E-state index contributed by atoms with van der Waals surface area (Å²) < 4.78 is 14.8. The smallest absolute Gasteiger partial charge is 0.248 e. The Morgan fingerprint density at radius 1 is 1.13 bits per heavy atom. The van der Waals surface area contributed by atoms with Gasteiger partial charge in [0.25, 0.3) is 0 Å². The largest absolute Gasteiger partial charge is 0.366 e. The molecule has 31 heavy (non-hydrogen) atoms. The van der Waals surface area contributed by atoms with E-state index in [1.807, 2.05) is 13.8 Å². The van der Waals surface area contributed by atoms with Gasteiger partial charge in [-0.25, -0.2) is 4.39 Å². The van der Waals surface area contributed by atoms with Crippen LogP contribution in [-0.4, -0.2) is 17.6 Å². The van der Waals surface area contributed by atoms with Crippen molar-refractivity contribution in [2.45, 2.75) is 39.0 Å². The molecule has 2 aliphatic rings. The Hall–Kier alpha value is -2.99. The molecule has 160 valence electrons. The highest BCUT2D eigenvalue weighted by Crippen LogP contribution is 2.49. The number of rotatable bonds is 3. The van der Waals surface area contributed by atoms with Crippen LogP contribution in [0.5, 0.6) is 0 Å². The van der Waals surface area contributed by atoms with Gasteiger partial charge < -0.3 is 5.73 Å². The third kappa shape index (κ3) is 3.76. The van der Waals surface area contributed by atoms with Crippen LogP contribution >= 0.6 is 11.6 Å². The molecular weight excluding hydrogens is 419 g/mol. The summed E-state index contributed by atoms with van der Waals surface area (Å²) >= 11 is 6.30. The van der Waals surface area contributed by atoms with E-state index in [1.54, 1.807) is 30.3 Å². The molecule has 2 aromatic carbocycles. The molecule has 1 heterocycles. The van der Waals surface area contributed by atoms with Gasteiger partial charge in [-0.2, -0.15) is 0 Å². The van der Waals surface area contributed by atoms with E-state index < -0.39 is 17.6 Å². The Kier molecular flexibility index (Phi) is 5.21. The third-order valence-electron chi connectivity index (χ3n) is 5.90. The van der Waals surface area contributed by atoms with Crippen molar-refractivity contribution in [3.8, 4) is 0 Å². The Labute approximate surface area is 184 Å². The van der Waals surface area contributed by atoms with Gasteiger partial charge in [0.2, 0.25) is 11.8 Å². The van der Waals surface area contributed by atoms with Crippen molar-refractivity contribution >= 4 is 34.9 Å². The molecule has 2 amide bonds. The number of anilines is 1. The number of nitrogens with two attached hydrogens (primary N) is 1. The van der Waals surface area contributed by atoms with Crippen LogP contribution in [0.4, 0.5) is 10.1 Å². The van der Waals surface area contributed by atoms with E-state index >= 15 is 0 Å². The van der Waals surface area contributed by atoms with Crippen LogP contribution in [0.2, 0.25) is 5.02 Å². The first kappa shape index (κ1) is 21.2. The standard InChI is InChI=1S/C24H22ClFN2O3/c1-24(2)11-18-22(19(29)12-24)15(21-16(25)4-3-5-17(21)26)10-20(30)28(18)14-8-6-13(7-9-14)23(27)31/h3-9,15H,10-12H2,1-2H3,(H2,27,31). The minimum Gasteiger partial charge on any atom is -0.366 e. The summed E-state index contributed by atoms with van der Waals surface area (Å²) in [6.45, 7) is 3.93. The van der Waals surface area contributed by atoms with Crippen LogP contribution in [0.1, 0.15) is 54.9 Å². The summed E-state index contributed by atoms with van der Waals surface area (Å²) in [5.41, 5.74) is 6.99. The Balaban J connectivity index is 1.91. The molecule has 1 aliphatic carbocycles. The topological polar surface area (TPSA) is 80.5 Å². The van der Waals surface area contributed by atoms with Crippen molar-refractivity contribution in [3.63, 3.8) is 0 Å². The fourth-order valence-corrected chi connectivity index (χ4v) is 4.87. The number of carbonyl (C=O) groups is 3. The van der Waals surface area contributed by atoms with Gasteiger partial charge in [-0.05, 0) is 48.2 Å². The lowest BCUT2D eigenvalue weighted by Crippen LogP contribution is -2.44. The van der Waals surface area contributed by atoms with Crippen LogP contribution in [0.3, 0.4) is 0 Å². The molecule has 0 radical (unpaired) electrons. The number of benzene rings is 2.